The van der Waals surface area contributed by atoms with E-state index in [4.69, 9.17) is 4.74 Å². The third-order valence-corrected chi connectivity index (χ3v) is 3.56. The molecule has 108 valence electrons. The molecular formula is C15H24O4. The van der Waals surface area contributed by atoms with Crippen molar-refractivity contribution in [3.05, 3.63) is 12.2 Å². The summed E-state index contributed by atoms with van der Waals surface area (Å²) in [5, 5.41) is 0. The van der Waals surface area contributed by atoms with Crippen LogP contribution in [-0.2, 0) is 19.1 Å². The summed E-state index contributed by atoms with van der Waals surface area (Å²) in [5.41, 5.74) is 0.209. The Labute approximate surface area is 115 Å². The van der Waals surface area contributed by atoms with Crippen molar-refractivity contribution in [3.63, 3.8) is 0 Å². The number of cyclic esters (lactones) is 1. The summed E-state index contributed by atoms with van der Waals surface area (Å²) in [6, 6.07) is 0. The predicted octanol–water partition coefficient (Wildman–Crippen LogP) is 3.01. The number of methoxy groups -OCH3 is 1. The molecule has 19 heavy (non-hydrogen) atoms. The van der Waals surface area contributed by atoms with E-state index in [1.165, 1.54) is 32.8 Å². The van der Waals surface area contributed by atoms with Gasteiger partial charge in [0.15, 0.2) is 0 Å². The molecule has 4 heteroatoms. The van der Waals surface area contributed by atoms with Gasteiger partial charge >= 0.3 is 11.9 Å². The molecule has 0 unspecified atom stereocenters. The number of hydrogen-bond donors (Lipinski definition) is 0. The van der Waals surface area contributed by atoms with Crippen LogP contribution in [0.15, 0.2) is 12.2 Å². The summed E-state index contributed by atoms with van der Waals surface area (Å²) in [6.45, 7) is 5.82. The number of esters is 2. The molecule has 0 amide bonds. The fraction of sp³-hybridized carbons (Fsp3) is 0.733. The Morgan fingerprint density at radius 1 is 1.37 bits per heavy atom. The minimum atomic E-state index is -0.523. The van der Waals surface area contributed by atoms with Gasteiger partial charge in [-0.05, 0) is 12.8 Å². The molecule has 0 radical (unpaired) electrons. The minimum Gasteiger partial charge on any atom is -0.466 e. The second kappa shape index (κ2) is 7.97. The lowest BCUT2D eigenvalue weighted by Gasteiger charge is -2.08. The van der Waals surface area contributed by atoms with E-state index in [0.29, 0.717) is 6.42 Å². The summed E-state index contributed by atoms with van der Waals surface area (Å²) < 4.78 is 9.88. The van der Waals surface area contributed by atoms with Crippen molar-refractivity contribution < 1.29 is 19.1 Å². The number of carbonyl (C=O) groups excluding carboxylic acids is 2. The van der Waals surface area contributed by atoms with Crippen molar-refractivity contribution in [2.24, 2.45) is 5.92 Å². The van der Waals surface area contributed by atoms with Crippen molar-refractivity contribution in [1.82, 2.24) is 0 Å². The standard InChI is InChI=1S/C15H24O4/c1-4-5-6-7-8-9-12-10-13(15(17)19-12)11(2)14(16)18-3/h12-13H,2,4-10H2,1,3H3/t12-,13-/m1/s1. The topological polar surface area (TPSA) is 52.6 Å². The number of hydrogen-bond acceptors (Lipinski definition) is 4. The second-order valence-electron chi connectivity index (χ2n) is 5.07. The van der Waals surface area contributed by atoms with Gasteiger partial charge in [-0.15, -0.1) is 0 Å². The smallest absolute Gasteiger partial charge is 0.334 e. The summed E-state index contributed by atoms with van der Waals surface area (Å²) in [7, 11) is 1.29. The first-order valence-corrected chi connectivity index (χ1v) is 7.07. The second-order valence-corrected chi connectivity index (χ2v) is 5.07. The lowest BCUT2D eigenvalue weighted by Crippen LogP contribution is -2.17. The van der Waals surface area contributed by atoms with E-state index in [0.717, 1.165) is 12.8 Å². The van der Waals surface area contributed by atoms with E-state index < -0.39 is 11.9 Å². The Hall–Kier alpha value is -1.32. The average Bonchev–Trinajstić information content (AvgIpc) is 2.78. The molecule has 1 fully saturated rings. The highest BCUT2D eigenvalue weighted by Crippen LogP contribution is 2.30. The zero-order valence-corrected chi connectivity index (χ0v) is 11.9. The molecule has 0 aromatic carbocycles. The molecule has 1 heterocycles. The fourth-order valence-corrected chi connectivity index (χ4v) is 2.36. The number of unbranched alkanes of at least 4 members (excludes halogenated alkanes) is 4. The summed E-state index contributed by atoms with van der Waals surface area (Å²) in [4.78, 5) is 23.0. The van der Waals surface area contributed by atoms with Crippen LogP contribution in [0.2, 0.25) is 0 Å². The zero-order valence-electron chi connectivity index (χ0n) is 11.9. The Morgan fingerprint density at radius 2 is 2.05 bits per heavy atom. The maximum absolute atomic E-state index is 11.7. The fourth-order valence-electron chi connectivity index (χ4n) is 2.36. The highest BCUT2D eigenvalue weighted by Gasteiger charge is 2.38. The normalized spacial score (nSPS) is 22.1. The molecule has 4 nitrogen and oxygen atoms in total. The van der Waals surface area contributed by atoms with Crippen molar-refractivity contribution >= 4 is 11.9 Å². The van der Waals surface area contributed by atoms with Crippen molar-refractivity contribution in [3.8, 4) is 0 Å². The van der Waals surface area contributed by atoms with E-state index in [9.17, 15) is 9.59 Å². The maximum atomic E-state index is 11.7. The van der Waals surface area contributed by atoms with Gasteiger partial charge in [-0.1, -0.05) is 39.2 Å². The number of ether oxygens (including phenoxy) is 2. The van der Waals surface area contributed by atoms with Crippen molar-refractivity contribution in [1.29, 1.82) is 0 Å². The van der Waals surface area contributed by atoms with E-state index in [1.54, 1.807) is 0 Å². The van der Waals surface area contributed by atoms with Gasteiger partial charge in [-0.2, -0.15) is 0 Å². The van der Waals surface area contributed by atoms with Crippen LogP contribution in [0.5, 0.6) is 0 Å². The van der Waals surface area contributed by atoms with Crippen LogP contribution in [0, 0.1) is 5.92 Å². The summed E-state index contributed by atoms with van der Waals surface area (Å²) >= 11 is 0. The first-order chi connectivity index (χ1) is 9.10. The third-order valence-electron chi connectivity index (χ3n) is 3.56. The Bertz CT molecular complexity index is 335. The molecule has 0 spiro atoms. The Balaban J connectivity index is 2.32. The van der Waals surface area contributed by atoms with E-state index in [-0.39, 0.29) is 17.6 Å². The molecule has 2 atom stereocenters. The summed E-state index contributed by atoms with van der Waals surface area (Å²) in [5.74, 6) is -1.38. The van der Waals surface area contributed by atoms with Gasteiger partial charge in [-0.25, -0.2) is 4.79 Å². The Morgan fingerprint density at radius 3 is 2.68 bits per heavy atom. The van der Waals surface area contributed by atoms with E-state index in [2.05, 4.69) is 18.2 Å². The summed E-state index contributed by atoms with van der Waals surface area (Å²) in [6.07, 6.45) is 7.31. The molecule has 0 aromatic heterocycles. The molecule has 0 N–H and O–H groups in total. The first kappa shape index (κ1) is 15.7. The van der Waals surface area contributed by atoms with Gasteiger partial charge in [0.05, 0.1) is 13.0 Å². The van der Waals surface area contributed by atoms with Gasteiger partial charge in [0.1, 0.15) is 6.10 Å². The van der Waals surface area contributed by atoms with Crippen molar-refractivity contribution in [2.75, 3.05) is 7.11 Å². The van der Waals surface area contributed by atoms with Gasteiger partial charge in [0, 0.05) is 12.0 Å². The molecule has 0 aromatic rings. The lowest BCUT2D eigenvalue weighted by molar-refractivity contribution is -0.146. The molecule has 1 rings (SSSR count). The molecule has 1 aliphatic rings. The maximum Gasteiger partial charge on any atom is 0.334 e. The lowest BCUT2D eigenvalue weighted by atomic mass is 9.95. The van der Waals surface area contributed by atoms with Gasteiger partial charge in [-0.3, -0.25) is 4.79 Å². The largest absolute Gasteiger partial charge is 0.466 e. The average molecular weight is 268 g/mol. The molecule has 0 saturated carbocycles. The monoisotopic (exact) mass is 268 g/mol. The highest BCUT2D eigenvalue weighted by molar-refractivity contribution is 5.95. The van der Waals surface area contributed by atoms with Crippen LogP contribution in [-0.4, -0.2) is 25.2 Å². The van der Waals surface area contributed by atoms with Gasteiger partial charge in [0.25, 0.3) is 0 Å². The molecular weight excluding hydrogens is 244 g/mol. The molecule has 1 aliphatic heterocycles. The highest BCUT2D eigenvalue weighted by atomic mass is 16.6. The molecule has 0 aliphatic carbocycles. The van der Waals surface area contributed by atoms with Crippen LogP contribution in [0.25, 0.3) is 0 Å². The van der Waals surface area contributed by atoms with Crippen LogP contribution < -0.4 is 0 Å². The van der Waals surface area contributed by atoms with Crippen LogP contribution in [0.3, 0.4) is 0 Å². The zero-order chi connectivity index (χ0) is 14.3. The van der Waals surface area contributed by atoms with Crippen LogP contribution in [0.1, 0.15) is 51.9 Å². The van der Waals surface area contributed by atoms with Gasteiger partial charge in [0.2, 0.25) is 0 Å². The van der Waals surface area contributed by atoms with Crippen molar-refractivity contribution in [2.45, 2.75) is 58.0 Å². The number of carbonyl (C=O) groups is 2. The van der Waals surface area contributed by atoms with E-state index >= 15 is 0 Å². The molecule has 1 saturated heterocycles. The van der Waals surface area contributed by atoms with Crippen LogP contribution >= 0.6 is 0 Å². The first-order valence-electron chi connectivity index (χ1n) is 7.07. The Kier molecular flexibility index (Phi) is 6.60. The third kappa shape index (κ3) is 4.69. The molecule has 0 bridgehead atoms. The van der Waals surface area contributed by atoms with Gasteiger partial charge < -0.3 is 9.47 Å². The van der Waals surface area contributed by atoms with E-state index in [1.807, 2.05) is 0 Å². The quantitative estimate of drug-likeness (QED) is 0.386. The SMILES string of the molecule is C=C(C(=O)OC)[C@H]1C[C@@H](CCCCCCC)OC1=O. The number of rotatable bonds is 8. The van der Waals surface area contributed by atoms with Crippen LogP contribution in [0.4, 0.5) is 0 Å². The predicted molar refractivity (Wildman–Crippen MR) is 72.5 cm³/mol. The minimum absolute atomic E-state index is 0.0690.